The smallest absolute Gasteiger partial charge is 0.133 e. The van der Waals surface area contributed by atoms with Crippen molar-refractivity contribution in [3.63, 3.8) is 0 Å². The molecule has 0 bridgehead atoms. The number of aliphatic hydroxyl groups excluding tert-OH is 1. The lowest BCUT2D eigenvalue weighted by Gasteiger charge is -2.11. The highest BCUT2D eigenvalue weighted by Crippen LogP contribution is 2.28. The molecule has 0 fully saturated rings. The summed E-state index contributed by atoms with van der Waals surface area (Å²) < 4.78 is 5.77. The molecule has 2 rings (SSSR count). The van der Waals surface area contributed by atoms with E-state index in [0.717, 1.165) is 5.75 Å². The first-order valence-corrected chi connectivity index (χ1v) is 6.65. The van der Waals surface area contributed by atoms with Crippen LogP contribution in [0.1, 0.15) is 30.9 Å². The molecule has 3 heteroatoms. The SMILES string of the molecule is CC(C)c1ccc(Oc2ccc(Cl)cc2CO)cc1. The summed E-state index contributed by atoms with van der Waals surface area (Å²) in [5.74, 6) is 1.88. The van der Waals surface area contributed by atoms with Crippen molar-refractivity contribution in [2.45, 2.75) is 26.4 Å². The summed E-state index contributed by atoms with van der Waals surface area (Å²) in [6.07, 6.45) is 0. The fourth-order valence-corrected chi connectivity index (χ4v) is 2.01. The largest absolute Gasteiger partial charge is 0.457 e. The molecule has 100 valence electrons. The third-order valence-electron chi connectivity index (χ3n) is 2.97. The molecule has 0 saturated heterocycles. The number of hydrogen-bond donors (Lipinski definition) is 1. The Hall–Kier alpha value is -1.51. The van der Waals surface area contributed by atoms with Gasteiger partial charge in [-0.05, 0) is 41.8 Å². The Labute approximate surface area is 118 Å². The Morgan fingerprint density at radius 3 is 2.37 bits per heavy atom. The van der Waals surface area contributed by atoms with Crippen LogP contribution in [0.5, 0.6) is 11.5 Å². The lowest BCUT2D eigenvalue weighted by atomic mass is 10.0. The maximum absolute atomic E-state index is 9.30. The van der Waals surface area contributed by atoms with E-state index >= 15 is 0 Å². The van der Waals surface area contributed by atoms with Crippen molar-refractivity contribution >= 4 is 11.6 Å². The number of hydrogen-bond acceptors (Lipinski definition) is 2. The zero-order chi connectivity index (χ0) is 13.8. The van der Waals surface area contributed by atoms with Crippen molar-refractivity contribution in [1.82, 2.24) is 0 Å². The minimum absolute atomic E-state index is 0.0973. The molecule has 2 aromatic rings. The van der Waals surface area contributed by atoms with E-state index in [2.05, 4.69) is 26.0 Å². The summed E-state index contributed by atoms with van der Waals surface area (Å²) >= 11 is 5.89. The van der Waals surface area contributed by atoms with Crippen molar-refractivity contribution in [2.75, 3.05) is 0 Å². The number of benzene rings is 2. The number of halogens is 1. The Bertz CT molecular complexity index is 547. The van der Waals surface area contributed by atoms with Gasteiger partial charge in [0.1, 0.15) is 11.5 Å². The Morgan fingerprint density at radius 1 is 1.11 bits per heavy atom. The van der Waals surface area contributed by atoms with Gasteiger partial charge in [-0.2, -0.15) is 0 Å². The molecule has 0 aliphatic carbocycles. The first kappa shape index (κ1) is 13.9. The fourth-order valence-electron chi connectivity index (χ4n) is 1.82. The van der Waals surface area contributed by atoms with Gasteiger partial charge in [0.2, 0.25) is 0 Å². The first-order chi connectivity index (χ1) is 9.10. The van der Waals surface area contributed by atoms with Crippen molar-refractivity contribution in [2.24, 2.45) is 0 Å². The molecule has 0 saturated carbocycles. The first-order valence-electron chi connectivity index (χ1n) is 6.27. The van der Waals surface area contributed by atoms with Gasteiger partial charge < -0.3 is 9.84 Å². The maximum atomic E-state index is 9.30. The highest BCUT2D eigenvalue weighted by Gasteiger charge is 2.06. The van der Waals surface area contributed by atoms with E-state index in [1.54, 1.807) is 18.2 Å². The summed E-state index contributed by atoms with van der Waals surface area (Å²) in [6.45, 7) is 4.21. The van der Waals surface area contributed by atoms with Gasteiger partial charge in [-0.1, -0.05) is 37.6 Å². The summed E-state index contributed by atoms with van der Waals surface area (Å²) in [6, 6.07) is 13.2. The summed E-state index contributed by atoms with van der Waals surface area (Å²) in [4.78, 5) is 0. The summed E-state index contributed by atoms with van der Waals surface area (Å²) in [7, 11) is 0. The van der Waals surface area contributed by atoms with Crippen molar-refractivity contribution in [3.8, 4) is 11.5 Å². The molecule has 0 spiro atoms. The van der Waals surface area contributed by atoms with E-state index in [-0.39, 0.29) is 6.61 Å². The van der Waals surface area contributed by atoms with E-state index in [1.807, 2.05) is 12.1 Å². The topological polar surface area (TPSA) is 29.5 Å². The molecule has 2 nitrogen and oxygen atoms in total. The van der Waals surface area contributed by atoms with Gasteiger partial charge in [-0.25, -0.2) is 0 Å². The van der Waals surface area contributed by atoms with Crippen LogP contribution in [-0.2, 0) is 6.61 Å². The molecule has 0 aliphatic rings. The second-order valence-electron chi connectivity index (χ2n) is 4.74. The van der Waals surface area contributed by atoms with Crippen molar-refractivity contribution in [1.29, 1.82) is 0 Å². The van der Waals surface area contributed by atoms with Crippen molar-refractivity contribution in [3.05, 3.63) is 58.6 Å². The van der Waals surface area contributed by atoms with Crippen LogP contribution in [0.25, 0.3) is 0 Å². The highest BCUT2D eigenvalue weighted by atomic mass is 35.5. The molecular weight excluding hydrogens is 260 g/mol. The van der Waals surface area contributed by atoms with Gasteiger partial charge in [0, 0.05) is 10.6 Å². The van der Waals surface area contributed by atoms with Crippen molar-refractivity contribution < 1.29 is 9.84 Å². The van der Waals surface area contributed by atoms with Gasteiger partial charge in [0.05, 0.1) is 6.61 Å². The lowest BCUT2D eigenvalue weighted by Crippen LogP contribution is -1.92. The molecule has 0 unspecified atom stereocenters. The molecular formula is C16H17ClO2. The molecule has 19 heavy (non-hydrogen) atoms. The molecule has 0 heterocycles. The van der Waals surface area contributed by atoms with Crippen LogP contribution in [0.3, 0.4) is 0 Å². The predicted molar refractivity (Wildman–Crippen MR) is 78.0 cm³/mol. The van der Waals surface area contributed by atoms with Crippen LogP contribution in [0.4, 0.5) is 0 Å². The van der Waals surface area contributed by atoms with Crippen LogP contribution in [0.2, 0.25) is 5.02 Å². The zero-order valence-electron chi connectivity index (χ0n) is 11.1. The van der Waals surface area contributed by atoms with E-state index in [4.69, 9.17) is 16.3 Å². The summed E-state index contributed by atoms with van der Waals surface area (Å²) in [5, 5.41) is 9.89. The third-order valence-corrected chi connectivity index (χ3v) is 3.20. The molecule has 1 N–H and O–H groups in total. The van der Waals surface area contributed by atoms with Gasteiger partial charge in [0.15, 0.2) is 0 Å². The Balaban J connectivity index is 2.21. The minimum atomic E-state index is -0.0973. The standard InChI is InChI=1S/C16H17ClO2/c1-11(2)12-3-6-15(7-4-12)19-16-8-5-14(17)9-13(16)10-18/h3-9,11,18H,10H2,1-2H3. The number of ether oxygens (including phenoxy) is 1. The molecule has 0 radical (unpaired) electrons. The minimum Gasteiger partial charge on any atom is -0.457 e. The number of aliphatic hydroxyl groups is 1. The quantitative estimate of drug-likeness (QED) is 0.873. The van der Waals surface area contributed by atoms with Crippen LogP contribution < -0.4 is 4.74 Å². The van der Waals surface area contributed by atoms with E-state index in [0.29, 0.717) is 22.3 Å². The second-order valence-corrected chi connectivity index (χ2v) is 5.17. The molecule has 0 aliphatic heterocycles. The molecule has 0 aromatic heterocycles. The fraction of sp³-hybridized carbons (Fsp3) is 0.250. The predicted octanol–water partition coefficient (Wildman–Crippen LogP) is 4.75. The monoisotopic (exact) mass is 276 g/mol. The third kappa shape index (κ3) is 3.49. The Kier molecular flexibility index (Phi) is 4.46. The average Bonchev–Trinajstić information content (AvgIpc) is 2.41. The summed E-state index contributed by atoms with van der Waals surface area (Å²) in [5.41, 5.74) is 1.95. The highest BCUT2D eigenvalue weighted by molar-refractivity contribution is 6.30. The second kappa shape index (κ2) is 6.09. The van der Waals surface area contributed by atoms with E-state index in [9.17, 15) is 5.11 Å². The maximum Gasteiger partial charge on any atom is 0.133 e. The van der Waals surface area contributed by atoms with E-state index in [1.165, 1.54) is 5.56 Å². The number of rotatable bonds is 4. The molecule has 0 amide bonds. The van der Waals surface area contributed by atoms with Crippen LogP contribution in [0.15, 0.2) is 42.5 Å². The zero-order valence-corrected chi connectivity index (χ0v) is 11.8. The van der Waals surface area contributed by atoms with E-state index < -0.39 is 0 Å². The van der Waals surface area contributed by atoms with Gasteiger partial charge >= 0.3 is 0 Å². The van der Waals surface area contributed by atoms with Gasteiger partial charge in [-0.15, -0.1) is 0 Å². The normalized spacial score (nSPS) is 10.8. The van der Waals surface area contributed by atoms with Crippen LogP contribution in [-0.4, -0.2) is 5.11 Å². The lowest BCUT2D eigenvalue weighted by molar-refractivity contribution is 0.276. The average molecular weight is 277 g/mol. The molecule has 0 atom stereocenters. The van der Waals surface area contributed by atoms with Crippen LogP contribution >= 0.6 is 11.6 Å². The van der Waals surface area contributed by atoms with Gasteiger partial charge in [-0.3, -0.25) is 0 Å². The Morgan fingerprint density at radius 2 is 1.79 bits per heavy atom. The molecule has 2 aromatic carbocycles. The van der Waals surface area contributed by atoms with Crippen LogP contribution in [0, 0.1) is 0 Å². The van der Waals surface area contributed by atoms with Gasteiger partial charge in [0.25, 0.3) is 0 Å².